The smallest absolute Gasteiger partial charge is 0.244 e. The molecule has 6 heteroatoms. The summed E-state index contributed by atoms with van der Waals surface area (Å²) < 4.78 is 3.95. The molecule has 0 atom stereocenters. The molecule has 0 radical (unpaired) electrons. The van der Waals surface area contributed by atoms with E-state index in [4.69, 9.17) is 0 Å². The summed E-state index contributed by atoms with van der Waals surface area (Å²) in [6.07, 6.45) is 5.91. The molecule has 0 aliphatic rings. The van der Waals surface area contributed by atoms with Crippen LogP contribution in [0.25, 0.3) is 27.1 Å². The van der Waals surface area contributed by atoms with Crippen LogP contribution in [0.1, 0.15) is 0 Å². The number of carbonyl (C=O) groups excluding carboxylic acids is 1. The summed E-state index contributed by atoms with van der Waals surface area (Å²) in [4.78, 5) is 18.3. The van der Waals surface area contributed by atoms with Gasteiger partial charge in [0.2, 0.25) is 5.91 Å². The van der Waals surface area contributed by atoms with Crippen LogP contribution >= 0.6 is 11.3 Å². The fourth-order valence-corrected chi connectivity index (χ4v) is 4.00. The number of thiazole rings is 1. The van der Waals surface area contributed by atoms with Gasteiger partial charge in [0.25, 0.3) is 0 Å². The molecular formula is C21H16N4OS. The number of para-hydroxylation sites is 2. The lowest BCUT2D eigenvalue weighted by Gasteiger charge is -2.10. The van der Waals surface area contributed by atoms with Crippen molar-refractivity contribution < 1.29 is 4.79 Å². The average molecular weight is 372 g/mol. The average Bonchev–Trinajstić information content (AvgIpc) is 3.37. The Morgan fingerprint density at radius 3 is 2.81 bits per heavy atom. The Hall–Kier alpha value is -3.38. The van der Waals surface area contributed by atoms with Crippen molar-refractivity contribution >= 4 is 38.8 Å². The minimum absolute atomic E-state index is 0.0650. The van der Waals surface area contributed by atoms with Crippen LogP contribution in [0.15, 0.2) is 78.6 Å². The fourth-order valence-electron chi connectivity index (χ4n) is 3.30. The summed E-state index contributed by atoms with van der Waals surface area (Å²) in [6.45, 7) is 0.264. The van der Waals surface area contributed by atoms with Crippen LogP contribution in [0.5, 0.6) is 0 Å². The predicted octanol–water partition coefficient (Wildman–Crippen LogP) is 4.66. The molecule has 1 N–H and O–H groups in total. The largest absolute Gasteiger partial charge is 0.338 e. The number of fused-ring (bicyclic) bond motifs is 2. The molecule has 2 aromatic carbocycles. The third-order valence-electron chi connectivity index (χ3n) is 4.56. The van der Waals surface area contributed by atoms with Crippen LogP contribution in [0.2, 0.25) is 0 Å². The number of nitrogens with zero attached hydrogens (tertiary/aromatic N) is 3. The Morgan fingerprint density at radius 2 is 1.89 bits per heavy atom. The first-order valence-electron chi connectivity index (χ1n) is 8.63. The Balaban J connectivity index is 1.42. The molecule has 0 unspecified atom stereocenters. The van der Waals surface area contributed by atoms with E-state index in [1.165, 1.54) is 0 Å². The van der Waals surface area contributed by atoms with Crippen molar-refractivity contribution in [2.45, 2.75) is 6.54 Å². The lowest BCUT2D eigenvalue weighted by Crippen LogP contribution is -2.18. The van der Waals surface area contributed by atoms with Crippen LogP contribution < -0.4 is 5.32 Å². The molecule has 5 nitrogen and oxygen atoms in total. The van der Waals surface area contributed by atoms with E-state index in [0.717, 1.165) is 32.8 Å². The van der Waals surface area contributed by atoms with Crippen molar-refractivity contribution in [1.82, 2.24) is 14.0 Å². The molecule has 132 valence electrons. The van der Waals surface area contributed by atoms with Crippen molar-refractivity contribution in [3.05, 3.63) is 78.6 Å². The highest BCUT2D eigenvalue weighted by atomic mass is 32.1. The summed E-state index contributed by atoms with van der Waals surface area (Å²) >= 11 is 1.59. The summed E-state index contributed by atoms with van der Waals surface area (Å²) in [5.41, 5.74) is 3.59. The molecule has 3 aromatic heterocycles. The van der Waals surface area contributed by atoms with Crippen molar-refractivity contribution in [1.29, 1.82) is 0 Å². The highest BCUT2D eigenvalue weighted by molar-refractivity contribution is 7.15. The van der Waals surface area contributed by atoms with E-state index in [9.17, 15) is 4.79 Å². The molecule has 5 aromatic rings. The summed E-state index contributed by atoms with van der Waals surface area (Å²) in [5.74, 6) is -0.0650. The first-order chi connectivity index (χ1) is 13.3. The molecule has 27 heavy (non-hydrogen) atoms. The van der Waals surface area contributed by atoms with Gasteiger partial charge in [0.1, 0.15) is 6.54 Å². The molecular weight excluding hydrogens is 356 g/mol. The maximum absolute atomic E-state index is 12.7. The summed E-state index contributed by atoms with van der Waals surface area (Å²) in [6, 6.07) is 17.8. The Bertz CT molecular complexity index is 1230. The molecule has 0 bridgehead atoms. The van der Waals surface area contributed by atoms with Crippen molar-refractivity contribution in [2.24, 2.45) is 0 Å². The topological polar surface area (TPSA) is 51.3 Å². The molecule has 3 heterocycles. The molecule has 0 saturated heterocycles. The van der Waals surface area contributed by atoms with Crippen LogP contribution in [0.4, 0.5) is 5.69 Å². The van der Waals surface area contributed by atoms with Crippen LogP contribution in [-0.2, 0) is 11.3 Å². The van der Waals surface area contributed by atoms with Gasteiger partial charge in [0.15, 0.2) is 4.96 Å². The molecule has 5 rings (SSSR count). The first kappa shape index (κ1) is 15.8. The third-order valence-corrected chi connectivity index (χ3v) is 5.34. The fraction of sp³-hybridized carbons (Fsp3) is 0.0476. The lowest BCUT2D eigenvalue weighted by molar-refractivity contribution is -0.116. The van der Waals surface area contributed by atoms with E-state index in [2.05, 4.69) is 10.3 Å². The molecule has 0 aliphatic carbocycles. The zero-order chi connectivity index (χ0) is 18.2. The van der Waals surface area contributed by atoms with E-state index in [1.54, 1.807) is 11.3 Å². The van der Waals surface area contributed by atoms with E-state index in [-0.39, 0.29) is 12.5 Å². The highest BCUT2D eigenvalue weighted by Crippen LogP contribution is 2.28. The van der Waals surface area contributed by atoms with Gasteiger partial charge in [-0.2, -0.15) is 0 Å². The Labute approximate surface area is 159 Å². The minimum Gasteiger partial charge on any atom is -0.338 e. The SMILES string of the molecule is O=C(Cn1ccc2ccccc21)Nc1ccccc1-c1cn2ccsc2n1. The monoisotopic (exact) mass is 372 g/mol. The number of hydrogen-bond donors (Lipinski definition) is 1. The van der Waals surface area contributed by atoms with Gasteiger partial charge in [-0.25, -0.2) is 4.98 Å². The molecule has 0 fully saturated rings. The number of carbonyl (C=O) groups is 1. The van der Waals surface area contributed by atoms with E-state index < -0.39 is 0 Å². The normalized spacial score (nSPS) is 11.3. The van der Waals surface area contributed by atoms with Gasteiger partial charge < -0.3 is 9.88 Å². The zero-order valence-corrected chi connectivity index (χ0v) is 15.2. The third kappa shape index (κ3) is 2.90. The van der Waals surface area contributed by atoms with E-state index in [0.29, 0.717) is 0 Å². The number of benzene rings is 2. The van der Waals surface area contributed by atoms with Gasteiger partial charge in [0, 0.05) is 35.1 Å². The maximum Gasteiger partial charge on any atom is 0.244 e. The molecule has 0 saturated carbocycles. The Morgan fingerprint density at radius 1 is 1.04 bits per heavy atom. The number of amides is 1. The first-order valence-corrected chi connectivity index (χ1v) is 9.51. The summed E-state index contributed by atoms with van der Waals surface area (Å²) in [7, 11) is 0. The highest BCUT2D eigenvalue weighted by Gasteiger charge is 2.12. The minimum atomic E-state index is -0.0650. The second-order valence-corrected chi connectivity index (χ2v) is 7.19. The van der Waals surface area contributed by atoms with Gasteiger partial charge in [0.05, 0.1) is 11.4 Å². The van der Waals surface area contributed by atoms with Crippen LogP contribution in [0.3, 0.4) is 0 Å². The molecule has 0 spiro atoms. The van der Waals surface area contributed by atoms with Crippen molar-refractivity contribution in [2.75, 3.05) is 5.32 Å². The predicted molar refractivity (Wildman–Crippen MR) is 109 cm³/mol. The van der Waals surface area contributed by atoms with Crippen molar-refractivity contribution in [3.63, 3.8) is 0 Å². The quantitative estimate of drug-likeness (QED) is 0.499. The number of nitrogens with one attached hydrogen (secondary N) is 1. The van der Waals surface area contributed by atoms with Crippen LogP contribution in [-0.4, -0.2) is 19.9 Å². The van der Waals surface area contributed by atoms with Gasteiger partial charge in [-0.15, -0.1) is 11.3 Å². The van der Waals surface area contributed by atoms with Gasteiger partial charge in [-0.1, -0.05) is 36.4 Å². The van der Waals surface area contributed by atoms with Crippen LogP contribution in [0, 0.1) is 0 Å². The standard InChI is InChI=1S/C21H16N4OS/c26-20(14-24-10-9-15-5-1-4-8-19(15)24)22-17-7-3-2-6-16(17)18-13-25-11-12-27-21(25)23-18/h1-13H,14H2,(H,22,26). The van der Waals surface area contributed by atoms with E-state index >= 15 is 0 Å². The number of rotatable bonds is 4. The molecule has 1 amide bonds. The van der Waals surface area contributed by atoms with Gasteiger partial charge >= 0.3 is 0 Å². The maximum atomic E-state index is 12.7. The van der Waals surface area contributed by atoms with Gasteiger partial charge in [-0.05, 0) is 23.6 Å². The zero-order valence-electron chi connectivity index (χ0n) is 14.4. The van der Waals surface area contributed by atoms with Crippen molar-refractivity contribution in [3.8, 4) is 11.3 Å². The summed E-state index contributed by atoms with van der Waals surface area (Å²) in [5, 5.41) is 6.17. The number of anilines is 1. The number of aromatic nitrogens is 3. The van der Waals surface area contributed by atoms with E-state index in [1.807, 2.05) is 87.5 Å². The molecule has 0 aliphatic heterocycles. The second-order valence-electron chi connectivity index (χ2n) is 6.32. The number of hydrogen-bond acceptors (Lipinski definition) is 3. The number of imidazole rings is 1. The second kappa shape index (κ2) is 6.41. The Kier molecular flexibility index (Phi) is 3.76. The van der Waals surface area contributed by atoms with Gasteiger partial charge in [-0.3, -0.25) is 9.20 Å². The lowest BCUT2D eigenvalue weighted by atomic mass is 10.1.